The highest BCUT2D eigenvalue weighted by Gasteiger charge is 2.29. The van der Waals surface area contributed by atoms with Crippen LogP contribution in [0.3, 0.4) is 0 Å². The predicted octanol–water partition coefficient (Wildman–Crippen LogP) is 4.44. The zero-order valence-electron chi connectivity index (χ0n) is 16.4. The molecule has 3 rings (SSSR count). The number of carbonyl (C=O) groups is 1. The van der Waals surface area contributed by atoms with Crippen molar-refractivity contribution in [1.29, 1.82) is 0 Å². The van der Waals surface area contributed by atoms with Gasteiger partial charge in [-0.15, -0.1) is 0 Å². The Hall–Kier alpha value is -3.27. The Morgan fingerprint density at radius 3 is 1.93 bits per heavy atom. The van der Waals surface area contributed by atoms with Crippen LogP contribution in [0.1, 0.15) is 28.4 Å². The molecule has 0 aliphatic rings. The molecule has 0 aliphatic carbocycles. The summed E-state index contributed by atoms with van der Waals surface area (Å²) in [6.07, 6.45) is 0. The van der Waals surface area contributed by atoms with Gasteiger partial charge in [-0.05, 0) is 36.2 Å². The van der Waals surface area contributed by atoms with Crippen molar-refractivity contribution in [3.8, 4) is 11.5 Å². The van der Waals surface area contributed by atoms with Crippen molar-refractivity contribution < 1.29 is 14.3 Å². The van der Waals surface area contributed by atoms with Crippen LogP contribution in [0.25, 0.3) is 0 Å². The number of amides is 1. The number of ether oxygens (including phenoxy) is 2. The van der Waals surface area contributed by atoms with E-state index in [0.29, 0.717) is 23.6 Å². The quantitative estimate of drug-likeness (QED) is 0.664. The van der Waals surface area contributed by atoms with Crippen LogP contribution in [-0.2, 0) is 5.41 Å². The summed E-state index contributed by atoms with van der Waals surface area (Å²) >= 11 is 0. The molecule has 0 unspecified atom stereocenters. The van der Waals surface area contributed by atoms with Gasteiger partial charge in [0.1, 0.15) is 11.5 Å². The van der Waals surface area contributed by atoms with Crippen LogP contribution in [0.4, 0.5) is 0 Å². The lowest BCUT2D eigenvalue weighted by Crippen LogP contribution is -2.39. The number of benzene rings is 3. The maximum absolute atomic E-state index is 13.0. The third-order valence-electron chi connectivity index (χ3n) is 5.08. The molecule has 0 saturated carbocycles. The smallest absolute Gasteiger partial charge is 0.255 e. The minimum atomic E-state index is -0.371. The average molecular weight is 375 g/mol. The average Bonchev–Trinajstić information content (AvgIpc) is 2.77. The van der Waals surface area contributed by atoms with Crippen LogP contribution in [0, 0.1) is 0 Å². The highest BCUT2D eigenvalue weighted by Crippen LogP contribution is 2.31. The van der Waals surface area contributed by atoms with Crippen LogP contribution < -0.4 is 14.8 Å². The second kappa shape index (κ2) is 8.61. The first-order chi connectivity index (χ1) is 13.6. The number of carbonyl (C=O) groups excluding carboxylic acids is 1. The van der Waals surface area contributed by atoms with Crippen LogP contribution in [0.15, 0.2) is 78.9 Å². The molecule has 0 bridgehead atoms. The van der Waals surface area contributed by atoms with Crippen LogP contribution in [0.2, 0.25) is 0 Å². The van der Waals surface area contributed by atoms with Gasteiger partial charge in [0.25, 0.3) is 5.91 Å². The van der Waals surface area contributed by atoms with Crippen molar-refractivity contribution in [3.05, 3.63) is 95.6 Å². The van der Waals surface area contributed by atoms with Crippen molar-refractivity contribution in [2.24, 2.45) is 0 Å². The lowest BCUT2D eigenvalue weighted by atomic mass is 9.76. The van der Waals surface area contributed by atoms with Crippen molar-refractivity contribution in [3.63, 3.8) is 0 Å². The molecule has 0 aromatic heterocycles. The predicted molar refractivity (Wildman–Crippen MR) is 111 cm³/mol. The SMILES string of the molecule is COc1ccc(OC)c(C(=O)NCC(C)(c2ccccc2)c2ccccc2)c1. The van der Waals surface area contributed by atoms with Gasteiger partial charge in [0, 0.05) is 12.0 Å². The summed E-state index contributed by atoms with van der Waals surface area (Å²) in [5.74, 6) is 0.924. The molecule has 3 aromatic carbocycles. The minimum Gasteiger partial charge on any atom is -0.497 e. The fourth-order valence-corrected chi connectivity index (χ4v) is 3.33. The lowest BCUT2D eigenvalue weighted by Gasteiger charge is -2.31. The van der Waals surface area contributed by atoms with E-state index < -0.39 is 0 Å². The number of rotatable bonds is 7. The second-order valence-electron chi connectivity index (χ2n) is 6.81. The summed E-state index contributed by atoms with van der Waals surface area (Å²) in [5.41, 5.74) is 2.35. The van der Waals surface area contributed by atoms with E-state index in [2.05, 4.69) is 36.5 Å². The molecule has 144 valence electrons. The monoisotopic (exact) mass is 375 g/mol. The largest absolute Gasteiger partial charge is 0.497 e. The number of nitrogens with one attached hydrogen (secondary N) is 1. The molecule has 0 atom stereocenters. The van der Waals surface area contributed by atoms with Gasteiger partial charge in [-0.3, -0.25) is 4.79 Å². The Labute approximate surface area is 166 Å². The first-order valence-corrected chi connectivity index (χ1v) is 9.20. The molecule has 0 heterocycles. The molecule has 28 heavy (non-hydrogen) atoms. The third-order valence-corrected chi connectivity index (χ3v) is 5.08. The molecular weight excluding hydrogens is 350 g/mol. The van der Waals surface area contributed by atoms with Gasteiger partial charge >= 0.3 is 0 Å². The van der Waals surface area contributed by atoms with E-state index in [1.807, 2.05) is 36.4 Å². The topological polar surface area (TPSA) is 47.6 Å². The Balaban J connectivity index is 1.90. The molecule has 1 N–H and O–H groups in total. The Bertz CT molecular complexity index is 884. The third kappa shape index (κ3) is 4.01. The Morgan fingerprint density at radius 1 is 0.857 bits per heavy atom. The number of methoxy groups -OCH3 is 2. The molecule has 0 aliphatic heterocycles. The number of hydrogen-bond donors (Lipinski definition) is 1. The molecule has 0 spiro atoms. The molecule has 0 fully saturated rings. The van der Waals surface area contributed by atoms with Gasteiger partial charge in [-0.2, -0.15) is 0 Å². The zero-order valence-corrected chi connectivity index (χ0v) is 16.4. The van der Waals surface area contributed by atoms with Crippen LogP contribution in [0.5, 0.6) is 11.5 Å². The normalized spacial score (nSPS) is 11.0. The van der Waals surface area contributed by atoms with Gasteiger partial charge in [0.15, 0.2) is 0 Å². The van der Waals surface area contributed by atoms with Crippen molar-refractivity contribution in [2.45, 2.75) is 12.3 Å². The van der Waals surface area contributed by atoms with Crippen LogP contribution >= 0.6 is 0 Å². The van der Waals surface area contributed by atoms with Gasteiger partial charge < -0.3 is 14.8 Å². The Kier molecular flexibility index (Phi) is 5.99. The highest BCUT2D eigenvalue weighted by atomic mass is 16.5. The fraction of sp³-hybridized carbons (Fsp3) is 0.208. The van der Waals surface area contributed by atoms with E-state index in [4.69, 9.17) is 9.47 Å². The van der Waals surface area contributed by atoms with Gasteiger partial charge in [0.05, 0.1) is 19.8 Å². The Morgan fingerprint density at radius 2 is 1.43 bits per heavy atom. The van der Waals surface area contributed by atoms with E-state index >= 15 is 0 Å². The molecule has 0 saturated heterocycles. The lowest BCUT2D eigenvalue weighted by molar-refractivity contribution is 0.0944. The maximum Gasteiger partial charge on any atom is 0.255 e. The van der Waals surface area contributed by atoms with Gasteiger partial charge in [0.2, 0.25) is 0 Å². The van der Waals surface area contributed by atoms with E-state index in [1.54, 1.807) is 32.4 Å². The summed E-state index contributed by atoms with van der Waals surface area (Å²) < 4.78 is 10.6. The van der Waals surface area contributed by atoms with E-state index in [1.165, 1.54) is 0 Å². The van der Waals surface area contributed by atoms with Gasteiger partial charge in [-0.25, -0.2) is 0 Å². The summed E-state index contributed by atoms with van der Waals surface area (Å²) in [7, 11) is 3.13. The summed E-state index contributed by atoms with van der Waals surface area (Å²) in [4.78, 5) is 13.0. The molecule has 4 nitrogen and oxygen atoms in total. The van der Waals surface area contributed by atoms with Crippen molar-refractivity contribution in [2.75, 3.05) is 20.8 Å². The van der Waals surface area contributed by atoms with Crippen LogP contribution in [-0.4, -0.2) is 26.7 Å². The second-order valence-corrected chi connectivity index (χ2v) is 6.81. The maximum atomic E-state index is 13.0. The molecule has 3 aromatic rings. The standard InChI is InChI=1S/C24H25NO3/c1-24(18-10-6-4-7-11-18,19-12-8-5-9-13-19)17-25-23(26)21-16-20(27-2)14-15-22(21)28-3/h4-16H,17H2,1-3H3,(H,25,26). The number of hydrogen-bond acceptors (Lipinski definition) is 3. The highest BCUT2D eigenvalue weighted by molar-refractivity contribution is 5.97. The first-order valence-electron chi connectivity index (χ1n) is 9.20. The van der Waals surface area contributed by atoms with Gasteiger partial charge in [-0.1, -0.05) is 60.7 Å². The molecular formula is C24H25NO3. The van der Waals surface area contributed by atoms with Crippen molar-refractivity contribution in [1.82, 2.24) is 5.32 Å². The molecule has 0 radical (unpaired) electrons. The van der Waals surface area contributed by atoms with E-state index in [9.17, 15) is 4.79 Å². The minimum absolute atomic E-state index is 0.200. The molecule has 4 heteroatoms. The van der Waals surface area contributed by atoms with E-state index in [-0.39, 0.29) is 11.3 Å². The fourth-order valence-electron chi connectivity index (χ4n) is 3.33. The van der Waals surface area contributed by atoms with E-state index in [0.717, 1.165) is 11.1 Å². The van der Waals surface area contributed by atoms with Crippen molar-refractivity contribution >= 4 is 5.91 Å². The summed E-state index contributed by atoms with van der Waals surface area (Å²) in [5, 5.41) is 3.09. The molecule has 1 amide bonds. The summed E-state index contributed by atoms with van der Waals surface area (Å²) in [6, 6.07) is 25.6. The first kappa shape index (κ1) is 19.5. The zero-order chi connectivity index (χ0) is 20.0. The summed E-state index contributed by atoms with van der Waals surface area (Å²) in [6.45, 7) is 2.58.